The van der Waals surface area contributed by atoms with Crippen LogP contribution in [0.1, 0.15) is 52.9 Å². The van der Waals surface area contributed by atoms with Crippen LogP contribution in [0.25, 0.3) is 0 Å². The van der Waals surface area contributed by atoms with Crippen molar-refractivity contribution in [3.63, 3.8) is 0 Å². The summed E-state index contributed by atoms with van der Waals surface area (Å²) in [5.74, 6) is 0. The molecule has 0 radical (unpaired) electrons. The van der Waals surface area contributed by atoms with Crippen molar-refractivity contribution in [2.45, 2.75) is 58.9 Å². The fourth-order valence-corrected chi connectivity index (χ4v) is 1.58. The van der Waals surface area contributed by atoms with Crippen LogP contribution in [-0.2, 0) is 0 Å². The maximum absolute atomic E-state index is 9.00. The van der Waals surface area contributed by atoms with E-state index in [1.54, 1.807) is 0 Å². The molecular weight excluding hydrogens is 172 g/mol. The van der Waals surface area contributed by atoms with Crippen LogP contribution in [0.2, 0.25) is 0 Å². The van der Waals surface area contributed by atoms with Gasteiger partial charge < -0.3 is 0 Å². The van der Waals surface area contributed by atoms with E-state index in [0.29, 0.717) is 0 Å². The molecule has 0 aromatic heterocycles. The molecule has 0 aromatic rings. The van der Waals surface area contributed by atoms with Crippen molar-refractivity contribution >= 4 is 0 Å². The molecule has 0 aliphatic heterocycles. The Kier molecular flexibility index (Phi) is 8.67. The Balaban J connectivity index is 4.00. The molecule has 0 amide bonds. The molecule has 0 aliphatic carbocycles. The van der Waals surface area contributed by atoms with E-state index < -0.39 is 0 Å². The van der Waals surface area contributed by atoms with Gasteiger partial charge in [0.25, 0.3) is 0 Å². The highest BCUT2D eigenvalue weighted by molar-refractivity contribution is 4.90. The zero-order valence-electron chi connectivity index (χ0n) is 9.92. The standard InChI is InChI=1S/C12H24N2/c1-4-7-9-14(10-8-5-2)12(6-3)11-13/h12H,4-10H2,1-3H3. The highest BCUT2D eigenvalue weighted by Gasteiger charge is 2.14. The van der Waals surface area contributed by atoms with Gasteiger partial charge in [0.1, 0.15) is 0 Å². The number of unbranched alkanes of at least 4 members (excludes halogenated alkanes) is 2. The zero-order chi connectivity index (χ0) is 10.8. The fraction of sp³-hybridized carbons (Fsp3) is 0.917. The summed E-state index contributed by atoms with van der Waals surface area (Å²) in [6.07, 6.45) is 5.79. The van der Waals surface area contributed by atoms with E-state index in [0.717, 1.165) is 19.5 Å². The van der Waals surface area contributed by atoms with Crippen molar-refractivity contribution in [1.29, 1.82) is 5.26 Å². The van der Waals surface area contributed by atoms with E-state index in [-0.39, 0.29) is 6.04 Å². The molecule has 0 rings (SSSR count). The first-order valence-corrected chi connectivity index (χ1v) is 5.93. The first-order valence-electron chi connectivity index (χ1n) is 5.93. The lowest BCUT2D eigenvalue weighted by Crippen LogP contribution is -2.35. The lowest BCUT2D eigenvalue weighted by Gasteiger charge is -2.25. The van der Waals surface area contributed by atoms with Gasteiger partial charge >= 0.3 is 0 Å². The average molecular weight is 196 g/mol. The van der Waals surface area contributed by atoms with E-state index in [1.807, 2.05) is 0 Å². The molecule has 0 bridgehead atoms. The zero-order valence-corrected chi connectivity index (χ0v) is 9.92. The van der Waals surface area contributed by atoms with Gasteiger partial charge in [-0.25, -0.2) is 0 Å². The van der Waals surface area contributed by atoms with E-state index in [1.165, 1.54) is 25.7 Å². The summed E-state index contributed by atoms with van der Waals surface area (Å²) in [4.78, 5) is 2.34. The minimum Gasteiger partial charge on any atom is -0.288 e. The number of nitrogens with zero attached hydrogens (tertiary/aromatic N) is 2. The molecule has 14 heavy (non-hydrogen) atoms. The molecule has 0 spiro atoms. The second-order valence-corrected chi connectivity index (χ2v) is 3.80. The lowest BCUT2D eigenvalue weighted by atomic mass is 10.1. The SMILES string of the molecule is CCCCN(CCCC)C(C#N)CC. The summed E-state index contributed by atoms with van der Waals surface area (Å²) < 4.78 is 0. The lowest BCUT2D eigenvalue weighted by molar-refractivity contribution is 0.222. The maximum atomic E-state index is 9.00. The number of nitriles is 1. The van der Waals surface area contributed by atoms with E-state index in [4.69, 9.17) is 5.26 Å². The van der Waals surface area contributed by atoms with Gasteiger partial charge in [-0.15, -0.1) is 0 Å². The third-order valence-corrected chi connectivity index (χ3v) is 2.57. The Morgan fingerprint density at radius 3 is 1.86 bits per heavy atom. The van der Waals surface area contributed by atoms with Crippen molar-refractivity contribution < 1.29 is 0 Å². The molecule has 0 heterocycles. The smallest absolute Gasteiger partial charge is 0.0975 e. The Labute approximate surface area is 88.9 Å². The summed E-state index contributed by atoms with van der Waals surface area (Å²) in [7, 11) is 0. The largest absolute Gasteiger partial charge is 0.288 e. The highest BCUT2D eigenvalue weighted by Crippen LogP contribution is 2.07. The summed E-state index contributed by atoms with van der Waals surface area (Å²) in [5, 5.41) is 9.00. The second-order valence-electron chi connectivity index (χ2n) is 3.80. The topological polar surface area (TPSA) is 27.0 Å². The van der Waals surface area contributed by atoms with Crippen LogP contribution in [0.15, 0.2) is 0 Å². The monoisotopic (exact) mass is 196 g/mol. The van der Waals surface area contributed by atoms with Gasteiger partial charge in [0.2, 0.25) is 0 Å². The average Bonchev–Trinajstić information content (AvgIpc) is 2.22. The van der Waals surface area contributed by atoms with Gasteiger partial charge in [0.15, 0.2) is 0 Å². The van der Waals surface area contributed by atoms with Gasteiger partial charge in [0.05, 0.1) is 12.1 Å². The molecule has 0 N–H and O–H groups in total. The molecule has 1 unspecified atom stereocenters. The summed E-state index contributed by atoms with van der Waals surface area (Å²) in [6, 6.07) is 2.53. The molecule has 2 nitrogen and oxygen atoms in total. The first kappa shape index (κ1) is 13.4. The van der Waals surface area contributed by atoms with Gasteiger partial charge in [-0.2, -0.15) is 5.26 Å². The predicted octanol–water partition coefficient (Wildman–Crippen LogP) is 3.19. The van der Waals surface area contributed by atoms with E-state index in [9.17, 15) is 0 Å². The van der Waals surface area contributed by atoms with Crippen LogP contribution in [0.4, 0.5) is 0 Å². The number of rotatable bonds is 8. The molecule has 0 saturated carbocycles. The summed E-state index contributed by atoms with van der Waals surface area (Å²) in [6.45, 7) is 8.67. The molecule has 2 heteroatoms. The van der Waals surface area contributed by atoms with Crippen molar-refractivity contribution in [2.75, 3.05) is 13.1 Å². The Morgan fingerprint density at radius 2 is 1.57 bits per heavy atom. The van der Waals surface area contributed by atoms with Crippen LogP contribution in [0.3, 0.4) is 0 Å². The summed E-state index contributed by atoms with van der Waals surface area (Å²) in [5.41, 5.74) is 0. The molecule has 82 valence electrons. The Bertz CT molecular complexity index is 152. The number of hydrogen-bond acceptors (Lipinski definition) is 2. The Morgan fingerprint density at radius 1 is 1.07 bits per heavy atom. The Hall–Kier alpha value is -0.550. The van der Waals surface area contributed by atoms with E-state index in [2.05, 4.69) is 31.7 Å². The molecule has 0 saturated heterocycles. The van der Waals surface area contributed by atoms with Gasteiger partial charge in [-0.3, -0.25) is 4.90 Å². The predicted molar refractivity (Wildman–Crippen MR) is 61.1 cm³/mol. The van der Waals surface area contributed by atoms with Crippen LogP contribution >= 0.6 is 0 Å². The van der Waals surface area contributed by atoms with Crippen LogP contribution in [0.5, 0.6) is 0 Å². The van der Waals surface area contributed by atoms with Gasteiger partial charge in [0, 0.05) is 0 Å². The van der Waals surface area contributed by atoms with Crippen molar-refractivity contribution in [3.05, 3.63) is 0 Å². The summed E-state index contributed by atoms with van der Waals surface area (Å²) >= 11 is 0. The van der Waals surface area contributed by atoms with Crippen molar-refractivity contribution in [2.24, 2.45) is 0 Å². The quantitative estimate of drug-likeness (QED) is 0.596. The van der Waals surface area contributed by atoms with Crippen LogP contribution in [-0.4, -0.2) is 24.0 Å². The maximum Gasteiger partial charge on any atom is 0.0975 e. The third-order valence-electron chi connectivity index (χ3n) is 2.57. The highest BCUT2D eigenvalue weighted by atomic mass is 15.1. The molecular formula is C12H24N2. The normalized spacial score (nSPS) is 12.8. The third kappa shape index (κ3) is 5.24. The fourth-order valence-electron chi connectivity index (χ4n) is 1.58. The molecule has 0 aromatic carbocycles. The molecule has 0 aliphatic rings. The van der Waals surface area contributed by atoms with Gasteiger partial charge in [-0.1, -0.05) is 33.6 Å². The van der Waals surface area contributed by atoms with Crippen LogP contribution < -0.4 is 0 Å². The first-order chi connectivity index (χ1) is 6.79. The van der Waals surface area contributed by atoms with Gasteiger partial charge in [-0.05, 0) is 32.4 Å². The molecule has 0 fully saturated rings. The van der Waals surface area contributed by atoms with Crippen molar-refractivity contribution in [1.82, 2.24) is 4.90 Å². The van der Waals surface area contributed by atoms with E-state index >= 15 is 0 Å². The minimum atomic E-state index is 0.132. The van der Waals surface area contributed by atoms with Crippen LogP contribution in [0, 0.1) is 11.3 Å². The minimum absolute atomic E-state index is 0.132. The number of hydrogen-bond donors (Lipinski definition) is 0. The molecule has 1 atom stereocenters. The van der Waals surface area contributed by atoms with Crippen molar-refractivity contribution in [3.8, 4) is 6.07 Å². The second kappa shape index (κ2) is 9.02.